The average Bonchev–Trinajstić information content (AvgIpc) is 3.23. The number of fused-ring (bicyclic) bond motifs is 1. The molecule has 0 spiro atoms. The lowest BCUT2D eigenvalue weighted by Gasteiger charge is -2.27. The van der Waals surface area contributed by atoms with Gasteiger partial charge in [-0.25, -0.2) is 0 Å². The normalized spacial score (nSPS) is 17.2. The molecule has 1 atom stereocenters. The van der Waals surface area contributed by atoms with Crippen molar-refractivity contribution in [2.24, 2.45) is 0 Å². The highest BCUT2D eigenvalue weighted by molar-refractivity contribution is 5.94. The zero-order valence-electron chi connectivity index (χ0n) is 14.3. The molecule has 0 saturated carbocycles. The summed E-state index contributed by atoms with van der Waals surface area (Å²) in [6, 6.07) is 7.92. The fourth-order valence-corrected chi connectivity index (χ4v) is 3.26. The molecule has 0 saturated heterocycles. The highest BCUT2D eigenvalue weighted by Gasteiger charge is 2.34. The first-order chi connectivity index (χ1) is 11.9. The minimum Gasteiger partial charge on any atom is -0.309 e. The maximum Gasteiger partial charge on any atom is 0.226 e. The third kappa shape index (κ3) is 2.69. The van der Waals surface area contributed by atoms with Crippen LogP contribution in [0.15, 0.2) is 24.3 Å². The smallest absolute Gasteiger partial charge is 0.226 e. The monoisotopic (exact) mass is 337 g/mol. The number of hydrogen-bond acceptors (Lipinski definition) is 5. The van der Waals surface area contributed by atoms with Crippen LogP contribution in [-0.2, 0) is 10.2 Å². The number of benzene rings is 1. The van der Waals surface area contributed by atoms with Crippen LogP contribution in [0, 0.1) is 0 Å². The topological polar surface area (TPSA) is 112 Å². The second kappa shape index (κ2) is 5.51. The molecule has 0 aliphatic carbocycles. The number of rotatable bonds is 2. The minimum absolute atomic E-state index is 0.0216. The Balaban J connectivity index is 1.76. The highest BCUT2D eigenvalue weighted by atomic mass is 16.1. The summed E-state index contributed by atoms with van der Waals surface area (Å²) in [5.74, 6) is 1.13. The Hall–Kier alpha value is -3.03. The lowest BCUT2D eigenvalue weighted by Crippen LogP contribution is -2.25. The van der Waals surface area contributed by atoms with Gasteiger partial charge in [0.25, 0.3) is 0 Å². The highest BCUT2D eigenvalue weighted by Crippen LogP contribution is 2.41. The van der Waals surface area contributed by atoms with E-state index in [0.717, 1.165) is 22.4 Å². The van der Waals surface area contributed by atoms with Crippen molar-refractivity contribution in [3.8, 4) is 11.4 Å². The summed E-state index contributed by atoms with van der Waals surface area (Å²) in [5, 5.41) is 24.3. The molecule has 0 bridgehead atoms. The molecule has 1 aliphatic rings. The van der Waals surface area contributed by atoms with Crippen LogP contribution in [0.25, 0.3) is 11.4 Å². The number of aromatic nitrogens is 6. The fraction of sp³-hybridized carbons (Fsp3) is 0.353. The van der Waals surface area contributed by atoms with E-state index < -0.39 is 0 Å². The second-order valence-corrected chi connectivity index (χ2v) is 7.27. The Morgan fingerprint density at radius 1 is 1.12 bits per heavy atom. The predicted octanol–water partition coefficient (Wildman–Crippen LogP) is 2.36. The van der Waals surface area contributed by atoms with Gasteiger partial charge in [-0.3, -0.25) is 9.89 Å². The lowest BCUT2D eigenvalue weighted by atomic mass is 9.79. The van der Waals surface area contributed by atoms with E-state index in [1.54, 1.807) is 0 Å². The molecule has 128 valence electrons. The molecule has 8 nitrogen and oxygen atoms in total. The summed E-state index contributed by atoms with van der Waals surface area (Å²) in [4.78, 5) is 12.1. The zero-order valence-corrected chi connectivity index (χ0v) is 14.3. The van der Waals surface area contributed by atoms with E-state index in [1.807, 2.05) is 24.3 Å². The van der Waals surface area contributed by atoms with Crippen LogP contribution in [0.5, 0.6) is 0 Å². The predicted molar refractivity (Wildman–Crippen MR) is 92.0 cm³/mol. The molecule has 8 heteroatoms. The number of aromatic amines is 2. The van der Waals surface area contributed by atoms with Crippen molar-refractivity contribution in [2.45, 2.75) is 38.5 Å². The summed E-state index contributed by atoms with van der Waals surface area (Å²) >= 11 is 0. The molecular weight excluding hydrogens is 318 g/mol. The second-order valence-electron chi connectivity index (χ2n) is 7.27. The van der Waals surface area contributed by atoms with Gasteiger partial charge in [-0.2, -0.15) is 10.3 Å². The van der Waals surface area contributed by atoms with Crippen LogP contribution in [0.3, 0.4) is 0 Å². The van der Waals surface area contributed by atoms with E-state index >= 15 is 0 Å². The Labute approximate surface area is 144 Å². The molecule has 25 heavy (non-hydrogen) atoms. The molecule has 3 heterocycles. The summed E-state index contributed by atoms with van der Waals surface area (Å²) in [5.41, 5.74) is 3.97. The first kappa shape index (κ1) is 15.5. The molecular formula is C17H19N7O. The summed E-state index contributed by atoms with van der Waals surface area (Å²) in [6.07, 6.45) is 0.400. The van der Waals surface area contributed by atoms with Crippen LogP contribution in [-0.4, -0.2) is 36.7 Å². The Kier molecular flexibility index (Phi) is 3.41. The average molecular weight is 337 g/mol. The number of carbonyl (C=O) groups excluding carboxylic acids is 1. The number of tetrazole rings is 1. The molecule has 3 N–H and O–H groups in total. The van der Waals surface area contributed by atoms with E-state index in [9.17, 15) is 4.79 Å². The van der Waals surface area contributed by atoms with Crippen LogP contribution >= 0.6 is 0 Å². The Morgan fingerprint density at radius 2 is 1.88 bits per heavy atom. The van der Waals surface area contributed by atoms with Crippen molar-refractivity contribution in [1.82, 2.24) is 30.8 Å². The number of H-pyrrole nitrogens is 2. The molecule has 1 amide bonds. The van der Waals surface area contributed by atoms with Gasteiger partial charge in [0.1, 0.15) is 0 Å². The summed E-state index contributed by atoms with van der Waals surface area (Å²) < 4.78 is 0. The van der Waals surface area contributed by atoms with Gasteiger partial charge in [0, 0.05) is 34.6 Å². The van der Waals surface area contributed by atoms with Gasteiger partial charge in [0.05, 0.1) is 0 Å². The van der Waals surface area contributed by atoms with Gasteiger partial charge in [-0.05, 0) is 10.8 Å². The molecule has 1 aliphatic heterocycles. The maximum absolute atomic E-state index is 12.1. The van der Waals surface area contributed by atoms with E-state index in [-0.39, 0.29) is 17.2 Å². The van der Waals surface area contributed by atoms with Gasteiger partial charge < -0.3 is 5.32 Å². The van der Waals surface area contributed by atoms with Crippen LogP contribution < -0.4 is 5.32 Å². The number of nitrogens with one attached hydrogen (secondary N) is 3. The third-order valence-electron chi connectivity index (χ3n) is 4.47. The molecule has 0 fully saturated rings. The maximum atomic E-state index is 12.1. The number of hydrogen-bond donors (Lipinski definition) is 3. The molecule has 0 radical (unpaired) electrons. The molecule has 1 aromatic carbocycles. The van der Waals surface area contributed by atoms with Gasteiger partial charge in [-0.1, -0.05) is 45.0 Å². The van der Waals surface area contributed by atoms with E-state index in [4.69, 9.17) is 0 Å². The standard InChI is InChI=1S/C17H19N7O/c1-17(2,3)14-13-11(8-12(25)18-16(13)20-19-14)9-4-6-10(7-5-9)15-21-23-24-22-15/h4-7,11H,8H2,1-3H3,(H2,18,19,20,25)(H,21,22,23,24). The van der Waals surface area contributed by atoms with E-state index in [1.165, 1.54) is 0 Å². The Morgan fingerprint density at radius 3 is 2.52 bits per heavy atom. The quantitative estimate of drug-likeness (QED) is 0.664. The number of anilines is 1. The fourth-order valence-electron chi connectivity index (χ4n) is 3.26. The van der Waals surface area contributed by atoms with Crippen molar-refractivity contribution in [2.75, 3.05) is 5.32 Å². The van der Waals surface area contributed by atoms with Gasteiger partial charge in [0.15, 0.2) is 5.82 Å². The first-order valence-electron chi connectivity index (χ1n) is 8.16. The SMILES string of the molecule is CC(C)(C)c1[nH]nc2c1C(c1ccc(-c3nn[nH]n3)cc1)CC(=O)N2. The molecule has 1 unspecified atom stereocenters. The van der Waals surface area contributed by atoms with Gasteiger partial charge in [-0.15, -0.1) is 10.2 Å². The summed E-state index contributed by atoms with van der Waals surface area (Å²) in [6.45, 7) is 6.40. The minimum atomic E-state index is -0.0918. The van der Waals surface area contributed by atoms with E-state index in [2.05, 4.69) is 56.9 Å². The first-order valence-corrected chi connectivity index (χ1v) is 8.16. The van der Waals surface area contributed by atoms with Crippen molar-refractivity contribution < 1.29 is 4.79 Å². The molecule has 3 aromatic rings. The van der Waals surface area contributed by atoms with Crippen molar-refractivity contribution in [3.05, 3.63) is 41.1 Å². The number of carbonyl (C=O) groups is 1. The Bertz CT molecular complexity index is 904. The summed E-state index contributed by atoms with van der Waals surface area (Å²) in [7, 11) is 0. The zero-order chi connectivity index (χ0) is 17.6. The van der Waals surface area contributed by atoms with Gasteiger partial charge in [0.2, 0.25) is 11.7 Å². The van der Waals surface area contributed by atoms with E-state index in [0.29, 0.717) is 18.1 Å². The van der Waals surface area contributed by atoms with Crippen molar-refractivity contribution >= 4 is 11.7 Å². The molecule has 2 aromatic heterocycles. The van der Waals surface area contributed by atoms with Crippen LogP contribution in [0.1, 0.15) is 49.9 Å². The number of amides is 1. The van der Waals surface area contributed by atoms with Crippen molar-refractivity contribution in [1.29, 1.82) is 0 Å². The van der Waals surface area contributed by atoms with Crippen LogP contribution in [0.2, 0.25) is 0 Å². The largest absolute Gasteiger partial charge is 0.309 e. The lowest BCUT2D eigenvalue weighted by molar-refractivity contribution is -0.116. The third-order valence-corrected chi connectivity index (χ3v) is 4.47. The van der Waals surface area contributed by atoms with Gasteiger partial charge >= 0.3 is 0 Å². The molecule has 4 rings (SSSR count). The van der Waals surface area contributed by atoms with Crippen molar-refractivity contribution in [3.63, 3.8) is 0 Å². The van der Waals surface area contributed by atoms with Crippen LogP contribution in [0.4, 0.5) is 5.82 Å². The number of nitrogens with zero attached hydrogens (tertiary/aromatic N) is 4.